The highest BCUT2D eigenvalue weighted by atomic mass is 127. The number of likely N-dealkylation sites (tertiary alicyclic amines) is 1. The molecule has 7 nitrogen and oxygen atoms in total. The lowest BCUT2D eigenvalue weighted by molar-refractivity contribution is -0.274. The number of carbonyl (C=O) groups is 1. The van der Waals surface area contributed by atoms with E-state index in [1.165, 1.54) is 24.3 Å². The third-order valence-electron chi connectivity index (χ3n) is 4.43. The Morgan fingerprint density at radius 3 is 2.29 bits per heavy atom. The molecule has 0 radical (unpaired) electrons. The molecule has 1 aromatic rings. The summed E-state index contributed by atoms with van der Waals surface area (Å²) in [5.74, 6) is 0.343. The van der Waals surface area contributed by atoms with E-state index in [1.54, 1.807) is 4.90 Å². The first-order valence-corrected chi connectivity index (χ1v) is 9.78. The molecule has 0 unspecified atom stereocenters. The Balaban J connectivity index is 0.00000480. The Kier molecular flexibility index (Phi) is 10.2. The van der Waals surface area contributed by atoms with Crippen LogP contribution >= 0.6 is 24.0 Å². The van der Waals surface area contributed by atoms with E-state index in [4.69, 9.17) is 10.5 Å². The number of rotatable bonds is 5. The number of aliphatic imine (C=N–C) groups is 1. The molecule has 3 N–H and O–H groups in total. The maximum atomic E-state index is 12.2. The van der Waals surface area contributed by atoms with Gasteiger partial charge in [0.25, 0.3) is 0 Å². The number of nitrogens with two attached hydrogens (primary N) is 1. The maximum Gasteiger partial charge on any atom is 0.573 e. The lowest BCUT2D eigenvalue weighted by Gasteiger charge is -2.33. The highest BCUT2D eigenvalue weighted by Crippen LogP contribution is 2.23. The van der Waals surface area contributed by atoms with E-state index in [-0.39, 0.29) is 48.3 Å². The molecule has 0 saturated carbocycles. The van der Waals surface area contributed by atoms with Crippen molar-refractivity contribution in [2.45, 2.75) is 52.1 Å². The lowest BCUT2D eigenvalue weighted by Crippen LogP contribution is -2.44. The summed E-state index contributed by atoms with van der Waals surface area (Å²) >= 11 is 0. The van der Waals surface area contributed by atoms with E-state index in [1.807, 2.05) is 20.8 Å². The molecule has 1 amide bonds. The largest absolute Gasteiger partial charge is 0.573 e. The summed E-state index contributed by atoms with van der Waals surface area (Å²) in [6.07, 6.45) is -3.33. The van der Waals surface area contributed by atoms with E-state index in [9.17, 15) is 18.0 Å². The van der Waals surface area contributed by atoms with Gasteiger partial charge in [-0.2, -0.15) is 0 Å². The number of hydrogen-bond acceptors (Lipinski definition) is 4. The summed E-state index contributed by atoms with van der Waals surface area (Å²) in [5.41, 5.74) is 6.08. The summed E-state index contributed by atoms with van der Waals surface area (Å²) in [6, 6.07) is 5.48. The molecule has 31 heavy (non-hydrogen) atoms. The van der Waals surface area contributed by atoms with Crippen LogP contribution < -0.4 is 15.8 Å². The molecular weight excluding hydrogens is 528 g/mol. The summed E-state index contributed by atoms with van der Waals surface area (Å²) in [4.78, 5) is 18.0. The predicted octanol–water partition coefficient (Wildman–Crippen LogP) is 4.25. The van der Waals surface area contributed by atoms with Crippen LogP contribution in [0.3, 0.4) is 0 Å². The van der Waals surface area contributed by atoms with Crippen LogP contribution in [0.5, 0.6) is 5.75 Å². The standard InChI is InChI=1S/C20H29F3N4O3.HI/c1-19(2,3)30-18(28)27-10-8-15(9-11-27)13-26-17(24)25-12-14-4-6-16(7-5-14)29-20(21,22)23;/h4-7,15H,8-13H2,1-3H3,(H3,24,25,26);1H. The minimum absolute atomic E-state index is 0. The van der Waals surface area contributed by atoms with Gasteiger partial charge in [0.1, 0.15) is 11.4 Å². The number of halogens is 4. The monoisotopic (exact) mass is 558 g/mol. The molecule has 0 aliphatic carbocycles. The molecule has 11 heteroatoms. The van der Waals surface area contributed by atoms with Crippen molar-refractivity contribution >= 4 is 36.0 Å². The maximum absolute atomic E-state index is 12.2. The summed E-state index contributed by atoms with van der Waals surface area (Å²) in [7, 11) is 0. The molecule has 2 rings (SSSR count). The van der Waals surface area contributed by atoms with E-state index in [2.05, 4.69) is 15.0 Å². The minimum atomic E-state index is -4.71. The van der Waals surface area contributed by atoms with Crippen LogP contribution in [0.1, 0.15) is 39.2 Å². The van der Waals surface area contributed by atoms with Crippen molar-refractivity contribution in [2.24, 2.45) is 16.6 Å². The fourth-order valence-corrected chi connectivity index (χ4v) is 2.92. The lowest BCUT2D eigenvalue weighted by atomic mass is 9.97. The Labute approximate surface area is 197 Å². The highest BCUT2D eigenvalue weighted by molar-refractivity contribution is 14.0. The van der Waals surface area contributed by atoms with Gasteiger partial charge in [0, 0.05) is 19.6 Å². The van der Waals surface area contributed by atoms with Crippen LogP contribution in [0.4, 0.5) is 18.0 Å². The number of hydrogen-bond donors (Lipinski definition) is 2. The molecule has 1 aliphatic heterocycles. The molecule has 0 aromatic heterocycles. The SMILES string of the molecule is CC(C)(C)OC(=O)N1CCC(CNC(N)=NCc2ccc(OC(F)(F)F)cc2)CC1.I. The Hall–Kier alpha value is -1.92. The van der Waals surface area contributed by atoms with Crippen molar-refractivity contribution < 1.29 is 27.4 Å². The van der Waals surface area contributed by atoms with Crippen molar-refractivity contribution in [1.29, 1.82) is 0 Å². The summed E-state index contributed by atoms with van der Waals surface area (Å²) in [6.45, 7) is 7.66. The Morgan fingerprint density at radius 2 is 1.77 bits per heavy atom. The number of piperidine rings is 1. The number of amides is 1. The van der Waals surface area contributed by atoms with Gasteiger partial charge in [-0.3, -0.25) is 0 Å². The molecule has 0 spiro atoms. The van der Waals surface area contributed by atoms with E-state index in [0.717, 1.165) is 12.8 Å². The molecule has 1 heterocycles. The number of benzene rings is 1. The minimum Gasteiger partial charge on any atom is -0.444 e. The average Bonchev–Trinajstić information content (AvgIpc) is 2.63. The number of carbonyl (C=O) groups excluding carboxylic acids is 1. The molecular formula is C20H30F3IN4O3. The first-order valence-electron chi connectivity index (χ1n) is 9.78. The van der Waals surface area contributed by atoms with E-state index in [0.29, 0.717) is 31.1 Å². The molecule has 1 aromatic carbocycles. The molecule has 0 atom stereocenters. The number of guanidine groups is 1. The van der Waals surface area contributed by atoms with Crippen molar-refractivity contribution in [2.75, 3.05) is 19.6 Å². The second kappa shape index (κ2) is 11.6. The number of nitrogens with one attached hydrogen (secondary N) is 1. The number of nitrogens with zero attached hydrogens (tertiary/aromatic N) is 2. The van der Waals surface area contributed by atoms with Gasteiger partial charge in [-0.25, -0.2) is 9.79 Å². The van der Waals surface area contributed by atoms with Gasteiger partial charge in [-0.05, 0) is 57.2 Å². The summed E-state index contributed by atoms with van der Waals surface area (Å²) in [5, 5.41) is 3.07. The van der Waals surface area contributed by atoms with Gasteiger partial charge in [0.05, 0.1) is 6.54 Å². The van der Waals surface area contributed by atoms with Crippen molar-refractivity contribution in [3.63, 3.8) is 0 Å². The van der Waals surface area contributed by atoms with Gasteiger partial charge in [0.15, 0.2) is 5.96 Å². The topological polar surface area (TPSA) is 89.2 Å². The molecule has 1 saturated heterocycles. The first kappa shape index (κ1) is 27.1. The quantitative estimate of drug-likeness (QED) is 0.321. The van der Waals surface area contributed by atoms with E-state index < -0.39 is 12.0 Å². The fraction of sp³-hybridized carbons (Fsp3) is 0.600. The zero-order chi connectivity index (χ0) is 22.4. The van der Waals surface area contributed by atoms with Crippen LogP contribution in [-0.4, -0.2) is 48.6 Å². The second-order valence-corrected chi connectivity index (χ2v) is 8.18. The van der Waals surface area contributed by atoms with Crippen molar-refractivity contribution in [3.05, 3.63) is 29.8 Å². The van der Waals surface area contributed by atoms with Gasteiger partial charge in [-0.15, -0.1) is 37.1 Å². The number of alkyl halides is 3. The zero-order valence-corrected chi connectivity index (χ0v) is 20.2. The van der Waals surface area contributed by atoms with Gasteiger partial charge < -0.3 is 25.4 Å². The highest BCUT2D eigenvalue weighted by Gasteiger charge is 2.31. The van der Waals surface area contributed by atoms with Crippen LogP contribution in [0.15, 0.2) is 29.3 Å². The van der Waals surface area contributed by atoms with Crippen LogP contribution in [0.25, 0.3) is 0 Å². The average molecular weight is 558 g/mol. The van der Waals surface area contributed by atoms with Gasteiger partial charge in [0.2, 0.25) is 0 Å². The van der Waals surface area contributed by atoms with Crippen molar-refractivity contribution in [1.82, 2.24) is 10.2 Å². The Bertz CT molecular complexity index is 729. The van der Waals surface area contributed by atoms with Crippen LogP contribution in [0.2, 0.25) is 0 Å². The zero-order valence-electron chi connectivity index (χ0n) is 17.9. The van der Waals surface area contributed by atoms with Crippen LogP contribution in [0, 0.1) is 5.92 Å². The normalized spacial score (nSPS) is 15.8. The van der Waals surface area contributed by atoms with Crippen LogP contribution in [-0.2, 0) is 11.3 Å². The smallest absolute Gasteiger partial charge is 0.444 e. The predicted molar refractivity (Wildman–Crippen MR) is 122 cm³/mol. The molecule has 0 bridgehead atoms. The van der Waals surface area contributed by atoms with Gasteiger partial charge >= 0.3 is 12.5 Å². The molecule has 1 aliphatic rings. The molecule has 1 fully saturated rings. The molecule has 176 valence electrons. The summed E-state index contributed by atoms with van der Waals surface area (Å²) < 4.78 is 45.7. The number of ether oxygens (including phenoxy) is 2. The van der Waals surface area contributed by atoms with Gasteiger partial charge in [-0.1, -0.05) is 12.1 Å². The fourth-order valence-electron chi connectivity index (χ4n) is 2.92. The Morgan fingerprint density at radius 1 is 1.19 bits per heavy atom. The third kappa shape index (κ3) is 10.8. The van der Waals surface area contributed by atoms with E-state index >= 15 is 0 Å². The van der Waals surface area contributed by atoms with Crippen molar-refractivity contribution in [3.8, 4) is 5.75 Å². The third-order valence-corrected chi connectivity index (χ3v) is 4.43. The second-order valence-electron chi connectivity index (χ2n) is 8.18. The first-order chi connectivity index (χ1) is 13.9.